The van der Waals surface area contributed by atoms with Crippen LogP contribution in [0, 0.1) is 5.41 Å². The Morgan fingerprint density at radius 1 is 0.658 bits per heavy atom. The Balaban J connectivity index is 3.50. The molecule has 11 nitrogen and oxygen atoms in total. The van der Waals surface area contributed by atoms with E-state index in [4.69, 9.17) is 0 Å². The lowest BCUT2D eigenvalue weighted by atomic mass is 9.79. The lowest BCUT2D eigenvalue weighted by Crippen LogP contribution is -2.68. The van der Waals surface area contributed by atoms with Gasteiger partial charge >= 0.3 is 42.0 Å². The molecule has 20 heteroatoms. The summed E-state index contributed by atoms with van der Waals surface area (Å²) in [5.41, 5.74) is -10.2. The molecule has 0 aliphatic carbocycles. The van der Waals surface area contributed by atoms with E-state index in [0.717, 1.165) is 0 Å². The number of alkyl halides is 9. The maximum atomic E-state index is 13.4. The van der Waals surface area contributed by atoms with Crippen LogP contribution in [-0.4, -0.2) is 137 Å². The number of hydrogen-bond donors (Lipinski definition) is 6. The second-order valence-corrected chi connectivity index (χ2v) is 8.23. The molecular weight excluding hydrogens is 555 g/mol. The standard InChI is InChI=1S/C18H25F9N4O7/c19-16(20,21)15(17(22,23)24,18(25,26)27)10(32)9-30-5-3-28-1-2-29-4-6-31(8-7-30)14(11(33)34,12(35)36)13(37)38/h10,28-29,32H,1-9H2,(H,33,34)(H,35,36)(H,37,38). The Kier molecular flexibility index (Phi) is 10.8. The molecule has 1 unspecified atom stereocenters. The summed E-state index contributed by atoms with van der Waals surface area (Å²) in [5, 5.41) is 43.6. The molecule has 1 atom stereocenters. The summed E-state index contributed by atoms with van der Waals surface area (Å²) in [7, 11) is 0. The minimum Gasteiger partial charge on any atom is -0.479 e. The SMILES string of the molecule is O=C(O)C(C(=O)O)(C(=O)O)N1CCNCCNCCN(CC(O)C(C(F)(F)F)(C(F)(F)F)C(F)(F)F)CC1. The van der Waals surface area contributed by atoms with Gasteiger partial charge in [0, 0.05) is 58.9 Å². The van der Waals surface area contributed by atoms with Gasteiger partial charge in [-0.3, -0.25) is 9.80 Å². The highest BCUT2D eigenvalue weighted by molar-refractivity contribution is 6.21. The first-order valence-electron chi connectivity index (χ1n) is 10.7. The number of rotatable bonds is 7. The van der Waals surface area contributed by atoms with Gasteiger partial charge < -0.3 is 31.1 Å². The second kappa shape index (κ2) is 12.2. The zero-order valence-electron chi connectivity index (χ0n) is 19.3. The van der Waals surface area contributed by atoms with Crippen LogP contribution in [0.5, 0.6) is 0 Å². The summed E-state index contributed by atoms with van der Waals surface area (Å²) < 4.78 is 120. The van der Waals surface area contributed by atoms with Crippen molar-refractivity contribution >= 4 is 17.9 Å². The van der Waals surface area contributed by atoms with Crippen LogP contribution in [-0.2, 0) is 14.4 Å². The smallest absolute Gasteiger partial charge is 0.414 e. The van der Waals surface area contributed by atoms with Crippen LogP contribution in [0.2, 0.25) is 0 Å². The number of carboxylic acid groups (broad SMARTS) is 3. The molecule has 0 aromatic rings. The molecule has 0 saturated carbocycles. The van der Waals surface area contributed by atoms with Crippen LogP contribution in [0.4, 0.5) is 39.5 Å². The summed E-state index contributed by atoms with van der Waals surface area (Å²) >= 11 is 0. The molecule has 0 bridgehead atoms. The number of aliphatic carboxylic acids is 3. The molecule has 0 radical (unpaired) electrons. The minimum atomic E-state index is -7.05. The van der Waals surface area contributed by atoms with Crippen molar-refractivity contribution in [2.75, 3.05) is 58.9 Å². The largest absolute Gasteiger partial charge is 0.479 e. The third-order valence-corrected chi connectivity index (χ3v) is 6.00. The van der Waals surface area contributed by atoms with Crippen LogP contribution in [0.1, 0.15) is 0 Å². The predicted molar refractivity (Wildman–Crippen MR) is 106 cm³/mol. The number of β-amino-alcohol motifs (C(OH)–C–C–N with tert-alkyl or cyclic N) is 1. The maximum Gasteiger partial charge on any atom is 0.414 e. The van der Waals surface area contributed by atoms with Crippen LogP contribution < -0.4 is 10.6 Å². The number of halogens is 9. The first-order chi connectivity index (χ1) is 17.2. The van der Waals surface area contributed by atoms with Gasteiger partial charge in [0.1, 0.15) is 0 Å². The molecule has 1 rings (SSSR count). The van der Waals surface area contributed by atoms with E-state index in [-0.39, 0.29) is 26.2 Å². The number of nitrogens with one attached hydrogen (secondary N) is 2. The van der Waals surface area contributed by atoms with Crippen LogP contribution in [0.15, 0.2) is 0 Å². The predicted octanol–water partition coefficient (Wildman–Crippen LogP) is -0.190. The van der Waals surface area contributed by atoms with Gasteiger partial charge in [-0.15, -0.1) is 0 Å². The minimum absolute atomic E-state index is 0.0932. The molecule has 0 aromatic carbocycles. The van der Waals surface area contributed by atoms with Crippen molar-refractivity contribution < 1.29 is 74.3 Å². The van der Waals surface area contributed by atoms with E-state index in [1.165, 1.54) is 0 Å². The Morgan fingerprint density at radius 3 is 1.42 bits per heavy atom. The number of aliphatic hydroxyl groups is 1. The normalized spacial score (nSPS) is 19.7. The fourth-order valence-corrected chi connectivity index (χ4v) is 3.99. The third kappa shape index (κ3) is 6.41. The van der Waals surface area contributed by atoms with E-state index in [1.54, 1.807) is 0 Å². The van der Waals surface area contributed by atoms with Gasteiger partial charge in [-0.25, -0.2) is 14.4 Å². The summed E-state index contributed by atoms with van der Waals surface area (Å²) in [6.07, 6.45) is -25.3. The molecule has 6 N–H and O–H groups in total. The Hall–Kier alpha value is -2.42. The third-order valence-electron chi connectivity index (χ3n) is 6.00. The van der Waals surface area contributed by atoms with E-state index in [1.807, 2.05) is 0 Å². The van der Waals surface area contributed by atoms with Crippen molar-refractivity contribution in [2.24, 2.45) is 5.41 Å². The summed E-state index contributed by atoms with van der Waals surface area (Å²) in [6.45, 7) is -5.26. The van der Waals surface area contributed by atoms with Crippen molar-refractivity contribution in [3.05, 3.63) is 0 Å². The molecule has 1 aliphatic heterocycles. The fourth-order valence-electron chi connectivity index (χ4n) is 3.99. The molecule has 1 aliphatic rings. The summed E-state index contributed by atoms with van der Waals surface area (Å²) in [6, 6.07) is 0. The summed E-state index contributed by atoms with van der Waals surface area (Å²) in [4.78, 5) is 36.0. The lowest BCUT2D eigenvalue weighted by Gasteiger charge is -2.43. The van der Waals surface area contributed by atoms with E-state index < -0.39 is 86.2 Å². The number of hydrogen-bond acceptors (Lipinski definition) is 8. The maximum absolute atomic E-state index is 13.4. The Morgan fingerprint density at radius 2 is 1.05 bits per heavy atom. The highest BCUT2D eigenvalue weighted by Crippen LogP contribution is 2.61. The summed E-state index contributed by atoms with van der Waals surface area (Å²) in [5.74, 6) is -7.16. The van der Waals surface area contributed by atoms with Gasteiger partial charge in [0.15, 0.2) is 0 Å². The molecular formula is C18H25F9N4O7. The quantitative estimate of drug-likeness (QED) is 0.175. The highest BCUT2D eigenvalue weighted by Gasteiger charge is 2.86. The van der Waals surface area contributed by atoms with Crippen molar-refractivity contribution in [1.29, 1.82) is 0 Å². The number of aliphatic hydroxyl groups excluding tert-OH is 1. The van der Waals surface area contributed by atoms with Crippen LogP contribution in [0.25, 0.3) is 0 Å². The molecule has 222 valence electrons. The van der Waals surface area contributed by atoms with Gasteiger partial charge in [0.2, 0.25) is 0 Å². The zero-order valence-corrected chi connectivity index (χ0v) is 19.3. The van der Waals surface area contributed by atoms with Crippen LogP contribution in [0.3, 0.4) is 0 Å². The van der Waals surface area contributed by atoms with E-state index in [2.05, 4.69) is 10.6 Å². The van der Waals surface area contributed by atoms with Gasteiger partial charge in [0.25, 0.3) is 5.41 Å². The van der Waals surface area contributed by atoms with Gasteiger partial charge in [-0.1, -0.05) is 0 Å². The highest BCUT2D eigenvalue weighted by atomic mass is 19.4. The van der Waals surface area contributed by atoms with Crippen molar-refractivity contribution in [2.45, 2.75) is 30.2 Å². The Bertz CT molecular complexity index is 779. The molecule has 0 aromatic heterocycles. The first-order valence-corrected chi connectivity index (χ1v) is 10.7. The zero-order chi connectivity index (χ0) is 29.7. The van der Waals surface area contributed by atoms with Crippen molar-refractivity contribution in [3.8, 4) is 0 Å². The molecule has 1 fully saturated rings. The first kappa shape index (κ1) is 33.6. The van der Waals surface area contributed by atoms with E-state index >= 15 is 0 Å². The average Bonchev–Trinajstić information content (AvgIpc) is 2.67. The number of carboxylic acids is 3. The van der Waals surface area contributed by atoms with E-state index in [0.29, 0.717) is 9.80 Å². The van der Waals surface area contributed by atoms with Gasteiger partial charge in [0.05, 0.1) is 6.10 Å². The lowest BCUT2D eigenvalue weighted by molar-refractivity contribution is -0.448. The molecule has 1 heterocycles. The molecule has 0 spiro atoms. The topological polar surface area (TPSA) is 163 Å². The number of nitrogens with zero attached hydrogens (tertiary/aromatic N) is 2. The van der Waals surface area contributed by atoms with E-state index in [9.17, 15) is 74.3 Å². The Labute approximate surface area is 208 Å². The van der Waals surface area contributed by atoms with Crippen molar-refractivity contribution in [1.82, 2.24) is 20.4 Å². The second-order valence-electron chi connectivity index (χ2n) is 8.23. The fraction of sp³-hybridized carbons (Fsp3) is 0.833. The van der Waals surface area contributed by atoms with Gasteiger partial charge in [-0.05, 0) is 0 Å². The molecule has 0 amide bonds. The molecule has 1 saturated heterocycles. The number of carbonyl (C=O) groups is 3. The van der Waals surface area contributed by atoms with Gasteiger partial charge in [-0.2, -0.15) is 39.5 Å². The van der Waals surface area contributed by atoms with Crippen LogP contribution >= 0.6 is 0 Å². The monoisotopic (exact) mass is 580 g/mol. The molecule has 38 heavy (non-hydrogen) atoms. The average molecular weight is 580 g/mol. The van der Waals surface area contributed by atoms with Crippen molar-refractivity contribution in [3.63, 3.8) is 0 Å².